The molecule has 0 aliphatic rings. The van der Waals surface area contributed by atoms with Crippen molar-refractivity contribution >= 4 is 54.3 Å². The number of halogens is 2. The van der Waals surface area contributed by atoms with Gasteiger partial charge in [-0.15, -0.1) is 0 Å². The highest BCUT2D eigenvalue weighted by molar-refractivity contribution is 14.1. The number of carbonyl (C=O) groups is 1. The van der Waals surface area contributed by atoms with Crippen LogP contribution in [0.5, 0.6) is 0 Å². The van der Waals surface area contributed by atoms with Crippen LogP contribution in [0.15, 0.2) is 77.7 Å². The van der Waals surface area contributed by atoms with Gasteiger partial charge in [0.25, 0.3) is 10.0 Å². The highest BCUT2D eigenvalue weighted by atomic mass is 127. The van der Waals surface area contributed by atoms with Crippen LogP contribution in [-0.2, 0) is 13.1 Å². The lowest BCUT2D eigenvalue weighted by atomic mass is 10.0. The number of nitrogens with one attached hydrogen (secondary N) is 1. The van der Waals surface area contributed by atoms with Crippen molar-refractivity contribution < 1.29 is 16.3 Å². The molecule has 8 heteroatoms. The van der Waals surface area contributed by atoms with Crippen molar-refractivity contribution in [1.29, 1.82) is 0 Å². The summed E-state index contributed by atoms with van der Waals surface area (Å²) in [6, 6.07) is 18.6. The smallest absolute Gasteiger partial charge is 0.261 e. The van der Waals surface area contributed by atoms with Crippen molar-refractivity contribution in [3.8, 4) is 0 Å². The fraction of sp³-hybridized carbons (Fsp3) is 0. The van der Waals surface area contributed by atoms with Crippen LogP contribution in [0.1, 0.15) is 15.9 Å². The molecule has 0 saturated carbocycles. The summed E-state index contributed by atoms with van der Waals surface area (Å²) in [7, 11) is -3.92. The first-order valence-corrected chi connectivity index (χ1v) is 11.5. The highest BCUT2D eigenvalue weighted by Crippen LogP contribution is 2.26. The highest BCUT2D eigenvalue weighted by Gasteiger charge is 2.20. The van der Waals surface area contributed by atoms with Crippen molar-refractivity contribution in [2.75, 3.05) is 4.72 Å². The van der Waals surface area contributed by atoms with Gasteiger partial charge in [-0.1, -0.05) is 41.9 Å². The number of sulfonamides is 1. The normalized spacial score (nSPS) is 11.1. The number of anilines is 1. The SMILES string of the molecule is O=Ic1ccc(NS(=O)(=O)c2ccc(Cl)cc2)c(C(=O)c2ccccc2)c1. The lowest BCUT2D eigenvalue weighted by molar-refractivity contribution is 0.103. The quantitative estimate of drug-likeness (QED) is 0.377. The molecule has 0 aromatic heterocycles. The van der Waals surface area contributed by atoms with Gasteiger partial charge in [0.15, 0.2) is 27.0 Å². The van der Waals surface area contributed by atoms with Gasteiger partial charge >= 0.3 is 0 Å². The number of carbonyl (C=O) groups excluding carboxylic acids is 1. The number of rotatable bonds is 6. The molecule has 0 radical (unpaired) electrons. The maximum absolute atomic E-state index is 12.9. The average Bonchev–Trinajstić information content (AvgIpc) is 2.68. The Labute approximate surface area is 172 Å². The fourth-order valence-corrected chi connectivity index (χ4v) is 4.37. The largest absolute Gasteiger partial charge is 0.289 e. The van der Waals surface area contributed by atoms with Crippen molar-refractivity contribution in [2.45, 2.75) is 4.90 Å². The molecular formula is C19H13ClINO4S. The Balaban J connectivity index is 2.04. The van der Waals surface area contributed by atoms with E-state index in [0.29, 0.717) is 14.2 Å². The van der Waals surface area contributed by atoms with Gasteiger partial charge in [-0.25, -0.2) is 8.42 Å². The minimum Gasteiger partial charge on any atom is -0.289 e. The molecule has 0 unspecified atom stereocenters. The first-order chi connectivity index (χ1) is 12.9. The molecule has 0 bridgehead atoms. The van der Waals surface area contributed by atoms with E-state index in [-0.39, 0.29) is 21.9 Å². The van der Waals surface area contributed by atoms with Crippen LogP contribution in [0, 0.1) is 3.57 Å². The van der Waals surface area contributed by atoms with Crippen LogP contribution in [0.3, 0.4) is 0 Å². The van der Waals surface area contributed by atoms with Crippen LogP contribution in [0.25, 0.3) is 0 Å². The summed E-state index contributed by atoms with van der Waals surface area (Å²) in [5.74, 6) is -0.358. The van der Waals surface area contributed by atoms with E-state index in [9.17, 15) is 16.3 Å². The number of ketones is 1. The first-order valence-electron chi connectivity index (χ1n) is 7.70. The molecule has 27 heavy (non-hydrogen) atoms. The monoisotopic (exact) mass is 513 g/mol. The van der Waals surface area contributed by atoms with Crippen LogP contribution in [0.2, 0.25) is 5.02 Å². The molecule has 0 amide bonds. The molecular weight excluding hydrogens is 501 g/mol. The molecule has 0 saturated heterocycles. The second-order valence-electron chi connectivity index (χ2n) is 5.52. The zero-order valence-electron chi connectivity index (χ0n) is 13.7. The predicted molar refractivity (Wildman–Crippen MR) is 112 cm³/mol. The molecule has 5 nitrogen and oxygen atoms in total. The zero-order chi connectivity index (χ0) is 19.4. The molecule has 0 spiro atoms. The fourth-order valence-electron chi connectivity index (χ4n) is 2.40. The summed E-state index contributed by atoms with van der Waals surface area (Å²) in [4.78, 5) is 12.9. The number of hydrogen-bond donors (Lipinski definition) is 1. The Bertz CT molecular complexity index is 1100. The minimum atomic E-state index is -3.92. The molecule has 0 heterocycles. The molecule has 0 fully saturated rings. The van der Waals surface area contributed by atoms with Crippen molar-refractivity contribution in [1.82, 2.24) is 0 Å². The van der Waals surface area contributed by atoms with Gasteiger partial charge in [0.2, 0.25) is 0 Å². The molecule has 0 atom stereocenters. The molecule has 0 aliphatic heterocycles. The van der Waals surface area contributed by atoms with E-state index in [2.05, 4.69) is 4.72 Å². The second-order valence-corrected chi connectivity index (χ2v) is 9.33. The van der Waals surface area contributed by atoms with E-state index in [1.807, 2.05) is 0 Å². The van der Waals surface area contributed by atoms with Gasteiger partial charge < -0.3 is 0 Å². The van der Waals surface area contributed by atoms with Crippen LogP contribution in [0.4, 0.5) is 5.69 Å². The third-order valence-electron chi connectivity index (χ3n) is 3.72. The van der Waals surface area contributed by atoms with Crippen LogP contribution >= 0.6 is 32.8 Å². The van der Waals surface area contributed by atoms with E-state index in [1.54, 1.807) is 36.4 Å². The number of benzene rings is 3. The van der Waals surface area contributed by atoms with E-state index in [1.165, 1.54) is 36.4 Å². The Morgan fingerprint density at radius 2 is 1.59 bits per heavy atom. The predicted octanol–water partition coefficient (Wildman–Crippen LogP) is 4.86. The number of hydrogen-bond acceptors (Lipinski definition) is 4. The van der Waals surface area contributed by atoms with E-state index in [4.69, 9.17) is 11.6 Å². The third-order valence-corrected chi connectivity index (χ3v) is 6.53. The van der Waals surface area contributed by atoms with E-state index in [0.717, 1.165) is 0 Å². The van der Waals surface area contributed by atoms with Crippen molar-refractivity contribution in [3.63, 3.8) is 0 Å². The maximum Gasteiger partial charge on any atom is 0.261 e. The molecule has 3 aromatic rings. The maximum atomic E-state index is 12.9. The summed E-state index contributed by atoms with van der Waals surface area (Å²) in [5.41, 5.74) is 0.678. The third kappa shape index (κ3) is 4.60. The van der Waals surface area contributed by atoms with E-state index < -0.39 is 31.2 Å². The van der Waals surface area contributed by atoms with Gasteiger partial charge in [-0.3, -0.25) is 12.6 Å². The Morgan fingerprint density at radius 3 is 2.22 bits per heavy atom. The summed E-state index contributed by atoms with van der Waals surface area (Å²) in [6.45, 7) is 0. The molecule has 138 valence electrons. The van der Waals surface area contributed by atoms with Crippen LogP contribution < -0.4 is 4.72 Å². The van der Waals surface area contributed by atoms with E-state index >= 15 is 0 Å². The van der Waals surface area contributed by atoms with Gasteiger partial charge in [0, 0.05) is 19.7 Å². The molecule has 3 rings (SSSR count). The van der Waals surface area contributed by atoms with Gasteiger partial charge in [0.1, 0.15) is 0 Å². The van der Waals surface area contributed by atoms with Gasteiger partial charge in [0.05, 0.1) is 10.6 Å². The lowest BCUT2D eigenvalue weighted by Crippen LogP contribution is -2.16. The van der Waals surface area contributed by atoms with Crippen molar-refractivity contribution in [2.24, 2.45) is 0 Å². The van der Waals surface area contributed by atoms with Gasteiger partial charge in [-0.05, 0) is 42.5 Å². The van der Waals surface area contributed by atoms with Crippen LogP contribution in [-0.4, -0.2) is 14.2 Å². The second kappa shape index (κ2) is 8.28. The van der Waals surface area contributed by atoms with Crippen molar-refractivity contribution in [3.05, 3.63) is 92.5 Å². The van der Waals surface area contributed by atoms with Gasteiger partial charge in [-0.2, -0.15) is 0 Å². The summed E-state index contributed by atoms with van der Waals surface area (Å²) >= 11 is 4.31. The lowest BCUT2D eigenvalue weighted by Gasteiger charge is -2.13. The summed E-state index contributed by atoms with van der Waals surface area (Å²) in [5, 5.41) is 0.414. The summed E-state index contributed by atoms with van der Waals surface area (Å²) < 4.78 is 39.6. The standard InChI is InChI=1S/C19H13ClINO4S/c20-14-6-9-16(10-7-14)27(25,26)22-18-11-8-15(21-24)12-17(18)19(23)13-4-2-1-3-5-13/h1-12,22H. The average molecular weight is 514 g/mol. The minimum absolute atomic E-state index is 0.0188. The summed E-state index contributed by atoms with van der Waals surface area (Å²) in [6.07, 6.45) is 0. The molecule has 0 aliphatic carbocycles. The first kappa shape index (κ1) is 19.7. The zero-order valence-corrected chi connectivity index (χ0v) is 17.5. The Hall–Kier alpha value is -2.10. The topological polar surface area (TPSA) is 80.3 Å². The Kier molecular flexibility index (Phi) is 6.03. The Morgan fingerprint density at radius 1 is 0.926 bits per heavy atom. The molecule has 3 aromatic carbocycles. The molecule has 1 N–H and O–H groups in total.